The normalized spacial score (nSPS) is 11.7. The van der Waals surface area contributed by atoms with Gasteiger partial charge in [-0.3, -0.25) is 19.0 Å². The van der Waals surface area contributed by atoms with Crippen molar-refractivity contribution >= 4 is 28.9 Å². The fourth-order valence-electron chi connectivity index (χ4n) is 2.52. The molecule has 3 aromatic heterocycles. The third kappa shape index (κ3) is 4.06. The highest BCUT2D eigenvalue weighted by atomic mass is 32.1. The number of aromatic nitrogens is 4. The molecule has 3 heterocycles. The zero-order valence-electron chi connectivity index (χ0n) is 14.3. The maximum Gasteiger partial charge on any atom is 0.287 e. The molecule has 1 unspecified atom stereocenters. The number of imidazole rings is 1. The maximum absolute atomic E-state index is 12.8. The van der Waals surface area contributed by atoms with Crippen LogP contribution in [0.15, 0.2) is 42.2 Å². The number of rotatable bonds is 7. The van der Waals surface area contributed by atoms with Crippen LogP contribution in [0.3, 0.4) is 0 Å². The molecule has 0 saturated carbocycles. The van der Waals surface area contributed by atoms with Gasteiger partial charge in [0.15, 0.2) is 0 Å². The number of primary amides is 1. The molecule has 9 nitrogen and oxygen atoms in total. The predicted molar refractivity (Wildman–Crippen MR) is 97.4 cm³/mol. The van der Waals surface area contributed by atoms with Crippen molar-refractivity contribution in [3.05, 3.63) is 58.7 Å². The number of ketones is 1. The molecular weight excluding hydrogens is 368 g/mol. The van der Waals surface area contributed by atoms with Gasteiger partial charge in [0.2, 0.25) is 5.78 Å². The second kappa shape index (κ2) is 7.87. The molecule has 3 aromatic rings. The van der Waals surface area contributed by atoms with E-state index in [4.69, 9.17) is 5.73 Å². The minimum atomic E-state index is -1.12. The summed E-state index contributed by atoms with van der Waals surface area (Å²) in [5.74, 6) is -1.52. The van der Waals surface area contributed by atoms with Gasteiger partial charge in [0.1, 0.15) is 23.4 Å². The van der Waals surface area contributed by atoms with Crippen molar-refractivity contribution in [2.24, 2.45) is 5.73 Å². The molecule has 2 amide bonds. The summed E-state index contributed by atoms with van der Waals surface area (Å²) in [5, 5.41) is 4.90. The number of carbonyl (C=O) groups excluding carboxylic acids is 3. The second-order valence-corrected chi connectivity index (χ2v) is 6.58. The summed E-state index contributed by atoms with van der Waals surface area (Å²) in [6.45, 7) is 1.73. The Kier molecular flexibility index (Phi) is 5.36. The number of hydrogen-bond donors (Lipinski definition) is 2. The van der Waals surface area contributed by atoms with Crippen LogP contribution in [0.25, 0.3) is 5.82 Å². The van der Waals surface area contributed by atoms with Crippen LogP contribution in [0.5, 0.6) is 0 Å². The van der Waals surface area contributed by atoms with Gasteiger partial charge >= 0.3 is 0 Å². The zero-order chi connectivity index (χ0) is 19.4. The van der Waals surface area contributed by atoms with Gasteiger partial charge in [0, 0.05) is 24.2 Å². The summed E-state index contributed by atoms with van der Waals surface area (Å²) in [4.78, 5) is 48.8. The van der Waals surface area contributed by atoms with Crippen molar-refractivity contribution < 1.29 is 14.4 Å². The van der Waals surface area contributed by atoms with Crippen LogP contribution in [-0.2, 0) is 16.0 Å². The standard InChI is InChI=1S/C17H16N6O3S/c1-10-21-9-12(23(10)13-4-2-3-5-19-13)17(26)22-11(15(24)16(18)25)8-14-20-6-7-27-14/h2-7,9,11H,8H2,1H3,(H2,18,25)(H,22,26). The molecule has 0 fully saturated rings. The van der Waals surface area contributed by atoms with Gasteiger partial charge in [-0.1, -0.05) is 6.07 Å². The lowest BCUT2D eigenvalue weighted by atomic mass is 10.1. The highest BCUT2D eigenvalue weighted by molar-refractivity contribution is 7.09. The Morgan fingerprint density at radius 3 is 2.67 bits per heavy atom. The average Bonchev–Trinajstić information content (AvgIpc) is 3.30. The third-order valence-electron chi connectivity index (χ3n) is 3.78. The monoisotopic (exact) mass is 384 g/mol. The smallest absolute Gasteiger partial charge is 0.287 e. The number of carbonyl (C=O) groups is 3. The van der Waals surface area contributed by atoms with Crippen LogP contribution in [0, 0.1) is 6.92 Å². The molecule has 10 heteroatoms. The minimum absolute atomic E-state index is 0.0713. The quantitative estimate of drug-likeness (QED) is 0.568. The summed E-state index contributed by atoms with van der Waals surface area (Å²) in [5.41, 5.74) is 5.31. The van der Waals surface area contributed by atoms with Crippen LogP contribution in [0.1, 0.15) is 21.3 Å². The number of pyridine rings is 1. The number of nitrogens with two attached hydrogens (primary N) is 1. The van der Waals surface area contributed by atoms with Crippen molar-refractivity contribution in [2.45, 2.75) is 19.4 Å². The first-order chi connectivity index (χ1) is 13.0. The van der Waals surface area contributed by atoms with Gasteiger partial charge in [-0.25, -0.2) is 15.0 Å². The van der Waals surface area contributed by atoms with Gasteiger partial charge in [0.25, 0.3) is 11.8 Å². The van der Waals surface area contributed by atoms with Crippen molar-refractivity contribution in [3.8, 4) is 5.82 Å². The van der Waals surface area contributed by atoms with E-state index < -0.39 is 23.6 Å². The molecule has 1 atom stereocenters. The van der Waals surface area contributed by atoms with E-state index in [1.807, 2.05) is 0 Å². The van der Waals surface area contributed by atoms with E-state index in [0.29, 0.717) is 16.6 Å². The number of amides is 2. The first kappa shape index (κ1) is 18.4. The topological polar surface area (TPSA) is 133 Å². The molecule has 0 aliphatic rings. The summed E-state index contributed by atoms with van der Waals surface area (Å²) in [6.07, 6.45) is 4.63. The zero-order valence-corrected chi connectivity index (χ0v) is 15.1. The Morgan fingerprint density at radius 2 is 2.04 bits per heavy atom. The second-order valence-electron chi connectivity index (χ2n) is 5.60. The van der Waals surface area contributed by atoms with Crippen LogP contribution in [0.2, 0.25) is 0 Å². The molecule has 27 heavy (non-hydrogen) atoms. The van der Waals surface area contributed by atoms with Crippen molar-refractivity contribution in [1.29, 1.82) is 0 Å². The van der Waals surface area contributed by atoms with Gasteiger partial charge in [-0.15, -0.1) is 11.3 Å². The van der Waals surface area contributed by atoms with E-state index in [-0.39, 0.29) is 12.1 Å². The summed E-state index contributed by atoms with van der Waals surface area (Å²) in [6, 6.07) is 4.15. The van der Waals surface area contributed by atoms with E-state index in [1.54, 1.807) is 47.5 Å². The van der Waals surface area contributed by atoms with Crippen LogP contribution >= 0.6 is 11.3 Å². The van der Waals surface area contributed by atoms with Crippen LogP contribution in [-0.4, -0.2) is 43.2 Å². The van der Waals surface area contributed by atoms with Gasteiger partial charge in [-0.2, -0.15) is 0 Å². The lowest BCUT2D eigenvalue weighted by molar-refractivity contribution is -0.137. The highest BCUT2D eigenvalue weighted by Gasteiger charge is 2.28. The Bertz CT molecular complexity index is 968. The number of aryl methyl sites for hydroxylation is 1. The molecule has 0 spiro atoms. The molecular formula is C17H16N6O3S. The first-order valence-corrected chi connectivity index (χ1v) is 8.84. The molecule has 3 N–H and O–H groups in total. The van der Waals surface area contributed by atoms with Gasteiger partial charge < -0.3 is 11.1 Å². The minimum Gasteiger partial charge on any atom is -0.363 e. The molecule has 0 bridgehead atoms. The number of Topliss-reactive ketones (excluding diaryl/α,β-unsaturated/α-hetero) is 1. The van der Waals surface area contributed by atoms with Gasteiger partial charge in [0.05, 0.1) is 11.2 Å². The number of nitrogens with zero attached hydrogens (tertiary/aromatic N) is 4. The molecule has 0 radical (unpaired) electrons. The Morgan fingerprint density at radius 1 is 1.22 bits per heavy atom. The van der Waals surface area contributed by atoms with Crippen LogP contribution < -0.4 is 11.1 Å². The van der Waals surface area contributed by atoms with E-state index in [2.05, 4.69) is 20.3 Å². The maximum atomic E-state index is 12.8. The fourth-order valence-corrected chi connectivity index (χ4v) is 3.18. The summed E-state index contributed by atoms with van der Waals surface area (Å²) >= 11 is 1.31. The Balaban J connectivity index is 1.88. The van der Waals surface area contributed by atoms with Gasteiger partial charge in [-0.05, 0) is 19.1 Å². The average molecular weight is 384 g/mol. The number of hydrogen-bond acceptors (Lipinski definition) is 7. The molecule has 0 aromatic carbocycles. The Labute approximate surface area is 158 Å². The number of thiazole rings is 1. The molecule has 0 aliphatic carbocycles. The lowest BCUT2D eigenvalue weighted by Gasteiger charge is -2.16. The van der Waals surface area contributed by atoms with E-state index in [0.717, 1.165) is 0 Å². The van der Waals surface area contributed by atoms with Crippen molar-refractivity contribution in [2.75, 3.05) is 0 Å². The van der Waals surface area contributed by atoms with E-state index >= 15 is 0 Å². The SMILES string of the molecule is Cc1ncc(C(=O)NC(Cc2nccs2)C(=O)C(N)=O)n1-c1ccccn1. The van der Waals surface area contributed by atoms with Crippen molar-refractivity contribution in [3.63, 3.8) is 0 Å². The first-order valence-electron chi connectivity index (χ1n) is 7.96. The highest BCUT2D eigenvalue weighted by Crippen LogP contribution is 2.13. The lowest BCUT2D eigenvalue weighted by Crippen LogP contribution is -2.47. The largest absolute Gasteiger partial charge is 0.363 e. The molecule has 3 rings (SSSR count). The molecule has 0 aliphatic heterocycles. The Hall–Kier alpha value is -3.40. The van der Waals surface area contributed by atoms with Crippen LogP contribution in [0.4, 0.5) is 0 Å². The number of nitrogens with one attached hydrogen (secondary N) is 1. The van der Waals surface area contributed by atoms with E-state index in [9.17, 15) is 14.4 Å². The predicted octanol–water partition coefficient (Wildman–Crippen LogP) is 0.428. The van der Waals surface area contributed by atoms with E-state index in [1.165, 1.54) is 17.5 Å². The summed E-state index contributed by atoms with van der Waals surface area (Å²) in [7, 11) is 0. The fraction of sp³-hybridized carbons (Fsp3) is 0.176. The van der Waals surface area contributed by atoms with Crippen molar-refractivity contribution in [1.82, 2.24) is 24.8 Å². The molecule has 0 saturated heterocycles. The molecule has 138 valence electrons. The summed E-state index contributed by atoms with van der Waals surface area (Å²) < 4.78 is 1.56. The third-order valence-corrected chi connectivity index (χ3v) is 4.58.